The summed E-state index contributed by atoms with van der Waals surface area (Å²) in [5, 5.41) is 6.26. The Morgan fingerprint density at radius 3 is 3.00 bits per heavy atom. The summed E-state index contributed by atoms with van der Waals surface area (Å²) in [7, 11) is 0. The number of hydrogen-bond donors (Lipinski definition) is 3. The maximum absolute atomic E-state index is 12.1. The molecular formula is C15H18N4O. The molecule has 0 bridgehead atoms. The molecule has 104 valence electrons. The van der Waals surface area contributed by atoms with E-state index in [-0.39, 0.29) is 11.9 Å². The number of H-pyrrole nitrogens is 1. The summed E-state index contributed by atoms with van der Waals surface area (Å²) in [6.07, 6.45) is 4.96. The fourth-order valence-corrected chi connectivity index (χ4v) is 2.50. The van der Waals surface area contributed by atoms with Crippen molar-refractivity contribution in [3.63, 3.8) is 0 Å². The highest BCUT2D eigenvalue weighted by Crippen LogP contribution is 2.16. The lowest BCUT2D eigenvalue weighted by Gasteiger charge is -2.25. The second-order valence-electron chi connectivity index (χ2n) is 5.02. The summed E-state index contributed by atoms with van der Waals surface area (Å²) in [5.74, 6) is 0.0685. The molecule has 3 rings (SSSR count). The third-order valence-corrected chi connectivity index (χ3v) is 3.65. The van der Waals surface area contributed by atoms with Crippen LogP contribution in [0.4, 0.5) is 0 Å². The molecule has 0 aliphatic carbocycles. The second-order valence-corrected chi connectivity index (χ2v) is 5.02. The molecule has 2 aromatic rings. The first-order valence-electron chi connectivity index (χ1n) is 6.88. The maximum atomic E-state index is 12.1. The number of imidazole rings is 1. The van der Waals surface area contributed by atoms with E-state index in [0.29, 0.717) is 6.54 Å². The zero-order valence-electron chi connectivity index (χ0n) is 11.2. The lowest BCUT2D eigenvalue weighted by atomic mass is 9.95. The minimum atomic E-state index is -0.133. The SMILES string of the molecule is O=C(NCCc1cnc[nH]1)[C@@H]1Cc2ccccc2CN1. The first-order chi connectivity index (χ1) is 9.83. The zero-order valence-corrected chi connectivity index (χ0v) is 11.2. The number of nitrogens with one attached hydrogen (secondary N) is 3. The van der Waals surface area contributed by atoms with Gasteiger partial charge >= 0.3 is 0 Å². The monoisotopic (exact) mass is 270 g/mol. The minimum absolute atomic E-state index is 0.0685. The number of amides is 1. The van der Waals surface area contributed by atoms with Crippen molar-refractivity contribution in [1.29, 1.82) is 0 Å². The van der Waals surface area contributed by atoms with Crippen LogP contribution in [-0.2, 0) is 24.2 Å². The van der Waals surface area contributed by atoms with Crippen LogP contribution in [0.3, 0.4) is 0 Å². The number of benzene rings is 1. The van der Waals surface area contributed by atoms with Gasteiger partial charge in [0.05, 0.1) is 12.4 Å². The standard InChI is InChI=1S/C15H18N4O/c20-15(17-6-5-13-9-16-10-19-13)14-7-11-3-1-2-4-12(11)8-18-14/h1-4,9-10,14,18H,5-8H2,(H,16,19)(H,17,20)/t14-/m0/s1. The van der Waals surface area contributed by atoms with Gasteiger partial charge in [0.25, 0.3) is 0 Å². The van der Waals surface area contributed by atoms with Crippen molar-refractivity contribution in [2.24, 2.45) is 0 Å². The molecule has 20 heavy (non-hydrogen) atoms. The molecule has 1 aliphatic rings. The Morgan fingerprint density at radius 2 is 2.20 bits per heavy atom. The van der Waals surface area contributed by atoms with Crippen LogP contribution < -0.4 is 10.6 Å². The van der Waals surface area contributed by atoms with Gasteiger partial charge in [-0.3, -0.25) is 4.79 Å². The molecule has 2 heterocycles. The molecule has 0 saturated heterocycles. The lowest BCUT2D eigenvalue weighted by molar-refractivity contribution is -0.123. The fourth-order valence-electron chi connectivity index (χ4n) is 2.50. The predicted octanol–water partition coefficient (Wildman–Crippen LogP) is 0.783. The quantitative estimate of drug-likeness (QED) is 0.769. The topological polar surface area (TPSA) is 69.8 Å². The van der Waals surface area contributed by atoms with Crippen molar-refractivity contribution in [2.75, 3.05) is 6.54 Å². The van der Waals surface area contributed by atoms with Gasteiger partial charge in [-0.05, 0) is 17.5 Å². The molecule has 3 N–H and O–H groups in total. The predicted molar refractivity (Wildman–Crippen MR) is 76.1 cm³/mol. The Bertz CT molecular complexity index is 579. The molecule has 1 atom stereocenters. The Balaban J connectivity index is 1.51. The number of aromatic nitrogens is 2. The number of fused-ring (bicyclic) bond motifs is 1. The number of carbonyl (C=O) groups excluding carboxylic acids is 1. The molecule has 1 aliphatic heterocycles. The third kappa shape index (κ3) is 2.88. The summed E-state index contributed by atoms with van der Waals surface area (Å²) in [5.41, 5.74) is 3.58. The molecule has 1 amide bonds. The van der Waals surface area contributed by atoms with E-state index in [9.17, 15) is 4.79 Å². The Kier molecular flexibility index (Phi) is 3.78. The molecular weight excluding hydrogens is 252 g/mol. The highest BCUT2D eigenvalue weighted by molar-refractivity contribution is 5.82. The molecule has 0 fully saturated rings. The van der Waals surface area contributed by atoms with Crippen molar-refractivity contribution in [3.8, 4) is 0 Å². The van der Waals surface area contributed by atoms with Crippen molar-refractivity contribution in [3.05, 3.63) is 53.6 Å². The van der Waals surface area contributed by atoms with Crippen molar-refractivity contribution in [1.82, 2.24) is 20.6 Å². The summed E-state index contributed by atoms with van der Waals surface area (Å²) in [6.45, 7) is 1.38. The van der Waals surface area contributed by atoms with Crippen molar-refractivity contribution >= 4 is 5.91 Å². The Labute approximate surface area is 117 Å². The number of hydrogen-bond acceptors (Lipinski definition) is 3. The molecule has 5 nitrogen and oxygen atoms in total. The summed E-state index contributed by atoms with van der Waals surface area (Å²) in [4.78, 5) is 19.1. The molecule has 0 saturated carbocycles. The van der Waals surface area contributed by atoms with E-state index in [1.165, 1.54) is 11.1 Å². The van der Waals surface area contributed by atoms with Crippen LogP contribution >= 0.6 is 0 Å². The number of nitrogens with zero attached hydrogens (tertiary/aromatic N) is 1. The smallest absolute Gasteiger partial charge is 0.237 e. The molecule has 0 radical (unpaired) electrons. The van der Waals surface area contributed by atoms with Gasteiger partial charge in [-0.1, -0.05) is 24.3 Å². The van der Waals surface area contributed by atoms with E-state index in [1.54, 1.807) is 12.5 Å². The van der Waals surface area contributed by atoms with Gasteiger partial charge in [0, 0.05) is 31.4 Å². The van der Waals surface area contributed by atoms with Crippen molar-refractivity contribution in [2.45, 2.75) is 25.4 Å². The second kappa shape index (κ2) is 5.88. The van der Waals surface area contributed by atoms with Crippen LogP contribution in [0.2, 0.25) is 0 Å². The molecule has 1 aromatic heterocycles. The minimum Gasteiger partial charge on any atom is -0.354 e. The van der Waals surface area contributed by atoms with E-state index in [4.69, 9.17) is 0 Å². The van der Waals surface area contributed by atoms with E-state index in [0.717, 1.165) is 25.1 Å². The largest absolute Gasteiger partial charge is 0.354 e. The first-order valence-corrected chi connectivity index (χ1v) is 6.88. The van der Waals surface area contributed by atoms with Gasteiger partial charge < -0.3 is 15.6 Å². The van der Waals surface area contributed by atoms with Crippen LogP contribution in [0.1, 0.15) is 16.8 Å². The van der Waals surface area contributed by atoms with E-state index in [2.05, 4.69) is 32.7 Å². The van der Waals surface area contributed by atoms with Gasteiger partial charge in [-0.2, -0.15) is 0 Å². The lowest BCUT2D eigenvalue weighted by Crippen LogP contribution is -2.48. The molecule has 5 heteroatoms. The highest BCUT2D eigenvalue weighted by Gasteiger charge is 2.23. The average molecular weight is 270 g/mol. The van der Waals surface area contributed by atoms with E-state index in [1.807, 2.05) is 12.1 Å². The van der Waals surface area contributed by atoms with Crippen LogP contribution in [-0.4, -0.2) is 28.5 Å². The Morgan fingerprint density at radius 1 is 1.35 bits per heavy atom. The summed E-state index contributed by atoms with van der Waals surface area (Å²) < 4.78 is 0. The van der Waals surface area contributed by atoms with E-state index < -0.39 is 0 Å². The highest BCUT2D eigenvalue weighted by atomic mass is 16.2. The Hall–Kier alpha value is -2.14. The fraction of sp³-hybridized carbons (Fsp3) is 0.333. The first kappa shape index (κ1) is 12.9. The maximum Gasteiger partial charge on any atom is 0.237 e. The normalized spacial score (nSPS) is 17.5. The molecule has 1 aromatic carbocycles. The summed E-state index contributed by atoms with van der Waals surface area (Å²) in [6, 6.07) is 8.13. The van der Waals surface area contributed by atoms with Crippen molar-refractivity contribution < 1.29 is 4.79 Å². The number of aromatic amines is 1. The average Bonchev–Trinajstić information content (AvgIpc) is 3.00. The van der Waals surface area contributed by atoms with Gasteiger partial charge in [0.15, 0.2) is 0 Å². The summed E-state index contributed by atoms with van der Waals surface area (Å²) >= 11 is 0. The molecule has 0 unspecified atom stereocenters. The van der Waals surface area contributed by atoms with Gasteiger partial charge in [0.2, 0.25) is 5.91 Å². The van der Waals surface area contributed by atoms with E-state index >= 15 is 0 Å². The van der Waals surface area contributed by atoms with Gasteiger partial charge in [-0.25, -0.2) is 4.98 Å². The van der Waals surface area contributed by atoms with Crippen LogP contribution in [0.25, 0.3) is 0 Å². The number of carbonyl (C=O) groups is 1. The van der Waals surface area contributed by atoms with Gasteiger partial charge in [-0.15, -0.1) is 0 Å². The van der Waals surface area contributed by atoms with Gasteiger partial charge in [0.1, 0.15) is 0 Å². The number of rotatable bonds is 4. The van der Waals surface area contributed by atoms with Crippen LogP contribution in [0, 0.1) is 0 Å². The third-order valence-electron chi connectivity index (χ3n) is 3.65. The van der Waals surface area contributed by atoms with Crippen LogP contribution in [0.5, 0.6) is 0 Å². The molecule has 0 spiro atoms. The zero-order chi connectivity index (χ0) is 13.8. The van der Waals surface area contributed by atoms with Crippen LogP contribution in [0.15, 0.2) is 36.8 Å².